The largest absolute Gasteiger partial charge is 0.392 e. The smallest absolute Gasteiger partial charge is 0.219 e. The lowest BCUT2D eigenvalue weighted by molar-refractivity contribution is -0.149. The van der Waals surface area contributed by atoms with Crippen molar-refractivity contribution in [3.05, 3.63) is 42.4 Å². The van der Waals surface area contributed by atoms with E-state index in [9.17, 15) is 9.90 Å². The molecule has 124 valence electrons. The van der Waals surface area contributed by atoms with E-state index in [4.69, 9.17) is 0 Å². The lowest BCUT2D eigenvalue weighted by Crippen LogP contribution is -2.62. The Hall–Kier alpha value is -2.14. The van der Waals surface area contributed by atoms with Crippen molar-refractivity contribution in [1.82, 2.24) is 14.5 Å². The number of fused-ring (bicyclic) bond motifs is 3. The van der Waals surface area contributed by atoms with Gasteiger partial charge in [-0.15, -0.1) is 0 Å². The summed E-state index contributed by atoms with van der Waals surface area (Å²) in [5.41, 5.74) is 3.56. The van der Waals surface area contributed by atoms with Gasteiger partial charge in [0.2, 0.25) is 5.91 Å². The van der Waals surface area contributed by atoms with E-state index < -0.39 is 0 Å². The van der Waals surface area contributed by atoms with Crippen LogP contribution >= 0.6 is 0 Å². The summed E-state index contributed by atoms with van der Waals surface area (Å²) in [6.45, 7) is 3.01. The molecule has 1 amide bonds. The van der Waals surface area contributed by atoms with Crippen molar-refractivity contribution in [2.24, 2.45) is 11.3 Å². The van der Waals surface area contributed by atoms with Crippen molar-refractivity contribution in [1.29, 1.82) is 0 Å². The number of carbonyl (C=O) groups is 1. The second kappa shape index (κ2) is 4.70. The van der Waals surface area contributed by atoms with Gasteiger partial charge in [0, 0.05) is 36.9 Å². The highest BCUT2D eigenvalue weighted by molar-refractivity contribution is 5.74. The first-order valence-electron chi connectivity index (χ1n) is 8.65. The molecule has 3 aliphatic rings. The Labute approximate surface area is 140 Å². The average molecular weight is 323 g/mol. The van der Waals surface area contributed by atoms with E-state index in [1.54, 1.807) is 6.92 Å². The molecule has 3 heterocycles. The molecular formula is C19H21N3O2. The predicted molar refractivity (Wildman–Crippen MR) is 89.2 cm³/mol. The van der Waals surface area contributed by atoms with E-state index in [0.29, 0.717) is 13.1 Å². The van der Waals surface area contributed by atoms with Gasteiger partial charge in [-0.1, -0.05) is 24.3 Å². The van der Waals surface area contributed by atoms with Gasteiger partial charge < -0.3 is 14.6 Å². The summed E-state index contributed by atoms with van der Waals surface area (Å²) >= 11 is 0. The van der Waals surface area contributed by atoms with Crippen LogP contribution in [0.15, 0.2) is 36.8 Å². The minimum atomic E-state index is -0.375. The van der Waals surface area contributed by atoms with E-state index in [1.807, 2.05) is 17.4 Å². The van der Waals surface area contributed by atoms with Gasteiger partial charge in [0.1, 0.15) is 0 Å². The van der Waals surface area contributed by atoms with Gasteiger partial charge in [-0.25, -0.2) is 4.98 Å². The van der Waals surface area contributed by atoms with Crippen molar-refractivity contribution in [3.8, 4) is 11.3 Å². The molecule has 5 rings (SSSR count). The topological polar surface area (TPSA) is 58.4 Å². The molecule has 2 aromatic rings. The standard InChI is InChI=1S/C19H21N3O2/c1-12(23)21-9-19(10-21)7-6-15(18(19)24)17-14-5-3-2-4-13(14)16-8-20-11-22(16)17/h2-5,8,11,15,17-18,24H,6-7,9-10H2,1H3. The Morgan fingerprint density at radius 2 is 2.12 bits per heavy atom. The maximum absolute atomic E-state index is 11.5. The first-order chi connectivity index (χ1) is 11.6. The summed E-state index contributed by atoms with van der Waals surface area (Å²) in [6.07, 6.45) is 5.41. The third kappa shape index (κ3) is 1.68. The SMILES string of the molecule is CC(=O)N1CC2(CCC(C3c4ccccc4-c4cncn43)C2O)C1. The van der Waals surface area contributed by atoms with Crippen LogP contribution in [0.4, 0.5) is 0 Å². The third-order valence-electron chi connectivity index (χ3n) is 6.39. The third-order valence-corrected chi connectivity index (χ3v) is 6.39. The summed E-state index contributed by atoms with van der Waals surface area (Å²) < 4.78 is 2.22. The summed E-state index contributed by atoms with van der Waals surface area (Å²) in [7, 11) is 0. The van der Waals surface area contributed by atoms with Gasteiger partial charge in [-0.2, -0.15) is 0 Å². The molecule has 0 bridgehead atoms. The summed E-state index contributed by atoms with van der Waals surface area (Å²) in [5, 5.41) is 11.1. The zero-order chi connectivity index (χ0) is 16.5. The van der Waals surface area contributed by atoms with Crippen LogP contribution in [0.25, 0.3) is 11.3 Å². The molecule has 5 heteroatoms. The minimum Gasteiger partial charge on any atom is -0.392 e. The summed E-state index contributed by atoms with van der Waals surface area (Å²) in [4.78, 5) is 17.7. The van der Waals surface area contributed by atoms with Crippen LogP contribution in [0.5, 0.6) is 0 Å². The highest BCUT2D eigenvalue weighted by Gasteiger charge is 2.58. The van der Waals surface area contributed by atoms with Gasteiger partial charge in [-0.3, -0.25) is 4.79 Å². The van der Waals surface area contributed by atoms with Gasteiger partial charge in [-0.05, 0) is 18.4 Å². The molecule has 1 aliphatic carbocycles. The number of rotatable bonds is 1. The molecule has 1 N–H and O–H groups in total. The van der Waals surface area contributed by atoms with E-state index in [-0.39, 0.29) is 29.4 Å². The number of aliphatic hydroxyl groups excluding tert-OH is 1. The fourth-order valence-electron chi connectivity index (χ4n) is 5.14. The Balaban J connectivity index is 1.49. The first-order valence-corrected chi connectivity index (χ1v) is 8.65. The fraction of sp³-hybridized carbons (Fsp3) is 0.474. The van der Waals surface area contributed by atoms with Crippen molar-refractivity contribution < 1.29 is 9.90 Å². The molecule has 24 heavy (non-hydrogen) atoms. The molecule has 1 spiro atoms. The number of aromatic nitrogens is 2. The summed E-state index contributed by atoms with van der Waals surface area (Å²) in [5.74, 6) is 0.287. The van der Waals surface area contributed by atoms with Gasteiger partial charge >= 0.3 is 0 Å². The highest BCUT2D eigenvalue weighted by Crippen LogP contribution is 2.55. The molecule has 2 aliphatic heterocycles. The monoisotopic (exact) mass is 323 g/mol. The molecule has 1 saturated carbocycles. The van der Waals surface area contributed by atoms with Gasteiger partial charge in [0.25, 0.3) is 0 Å². The van der Waals surface area contributed by atoms with Crippen LogP contribution < -0.4 is 0 Å². The Morgan fingerprint density at radius 1 is 1.33 bits per heavy atom. The fourth-order valence-corrected chi connectivity index (χ4v) is 5.14. The lowest BCUT2D eigenvalue weighted by Gasteiger charge is -2.50. The molecule has 1 saturated heterocycles. The van der Waals surface area contributed by atoms with E-state index in [1.165, 1.54) is 11.1 Å². The maximum atomic E-state index is 11.5. The zero-order valence-electron chi connectivity index (χ0n) is 13.7. The van der Waals surface area contributed by atoms with Crippen LogP contribution in [0.2, 0.25) is 0 Å². The minimum absolute atomic E-state index is 0.103. The number of imidazole rings is 1. The zero-order valence-corrected chi connectivity index (χ0v) is 13.7. The molecular weight excluding hydrogens is 302 g/mol. The van der Waals surface area contributed by atoms with Gasteiger partial charge in [0.05, 0.1) is 30.4 Å². The van der Waals surface area contributed by atoms with Crippen molar-refractivity contribution in [2.45, 2.75) is 31.9 Å². The quantitative estimate of drug-likeness (QED) is 0.874. The van der Waals surface area contributed by atoms with Crippen LogP contribution in [-0.4, -0.2) is 44.7 Å². The predicted octanol–water partition coefficient (Wildman–Crippen LogP) is 2.07. The highest BCUT2D eigenvalue weighted by atomic mass is 16.3. The number of benzene rings is 1. The second-order valence-electron chi connectivity index (χ2n) is 7.60. The molecule has 1 aromatic carbocycles. The number of nitrogens with zero attached hydrogens (tertiary/aromatic N) is 3. The normalized spacial score (nSPS) is 29.4. The van der Waals surface area contributed by atoms with Crippen LogP contribution in [0.3, 0.4) is 0 Å². The molecule has 5 nitrogen and oxygen atoms in total. The number of amides is 1. The summed E-state index contributed by atoms with van der Waals surface area (Å²) in [6, 6.07) is 8.60. The number of carbonyl (C=O) groups excluding carboxylic acids is 1. The van der Waals surface area contributed by atoms with E-state index >= 15 is 0 Å². The molecule has 3 atom stereocenters. The van der Waals surface area contributed by atoms with Crippen molar-refractivity contribution in [2.75, 3.05) is 13.1 Å². The Morgan fingerprint density at radius 3 is 2.92 bits per heavy atom. The van der Waals surface area contributed by atoms with Crippen LogP contribution in [0, 0.1) is 11.3 Å². The van der Waals surface area contributed by atoms with E-state index in [0.717, 1.165) is 18.5 Å². The number of aliphatic hydroxyl groups is 1. The molecule has 0 radical (unpaired) electrons. The molecule has 1 aromatic heterocycles. The number of hydrogen-bond donors (Lipinski definition) is 1. The van der Waals surface area contributed by atoms with Crippen LogP contribution in [-0.2, 0) is 4.79 Å². The van der Waals surface area contributed by atoms with Crippen LogP contribution in [0.1, 0.15) is 31.4 Å². The van der Waals surface area contributed by atoms with Crippen molar-refractivity contribution in [3.63, 3.8) is 0 Å². The Bertz CT molecular complexity index is 822. The Kier molecular flexibility index (Phi) is 2.78. The molecule has 3 unspecified atom stereocenters. The number of hydrogen-bond acceptors (Lipinski definition) is 3. The second-order valence-corrected chi connectivity index (χ2v) is 7.60. The first kappa shape index (κ1) is 14.2. The van der Waals surface area contributed by atoms with Crippen molar-refractivity contribution >= 4 is 5.91 Å². The van der Waals surface area contributed by atoms with E-state index in [2.05, 4.69) is 33.8 Å². The van der Waals surface area contributed by atoms with Gasteiger partial charge in [0.15, 0.2) is 0 Å². The maximum Gasteiger partial charge on any atom is 0.219 e. The lowest BCUT2D eigenvalue weighted by atomic mass is 9.74. The molecule has 2 fully saturated rings. The number of likely N-dealkylation sites (tertiary alicyclic amines) is 1. The average Bonchev–Trinajstić information content (AvgIpc) is 3.18.